The van der Waals surface area contributed by atoms with E-state index in [9.17, 15) is 13.2 Å². The van der Waals surface area contributed by atoms with Crippen LogP contribution in [0.5, 0.6) is 0 Å². The van der Waals surface area contributed by atoms with E-state index >= 15 is 0 Å². The van der Waals surface area contributed by atoms with Gasteiger partial charge >= 0.3 is 0 Å². The van der Waals surface area contributed by atoms with Gasteiger partial charge in [0.2, 0.25) is 0 Å². The molecule has 0 bridgehead atoms. The van der Waals surface area contributed by atoms with E-state index in [1.807, 2.05) is 0 Å². The molecule has 0 aliphatic heterocycles. The van der Waals surface area contributed by atoms with Gasteiger partial charge in [0.25, 0.3) is 0 Å². The second kappa shape index (κ2) is 3.69. The summed E-state index contributed by atoms with van der Waals surface area (Å²) >= 11 is 3.30. The van der Waals surface area contributed by atoms with E-state index in [2.05, 4.69) is 0 Å². The molecule has 0 spiro atoms. The van der Waals surface area contributed by atoms with Crippen molar-refractivity contribution in [2.24, 2.45) is 0 Å². The van der Waals surface area contributed by atoms with E-state index < -0.39 is 17.5 Å². The lowest BCUT2D eigenvalue weighted by Crippen LogP contribution is -2.01. The Morgan fingerprint density at radius 1 is 0.833 bits per heavy atom. The standard InChI is InChI=1S/C7H3F3I2/c1-2-6(11)4(9)3(8)5(10)7(2)12/h1H3. The average Bonchev–Trinajstić information content (AvgIpc) is 2.08. The molecule has 0 saturated carbocycles. The molecule has 0 unspecified atom stereocenters. The Balaban J connectivity index is 3.60. The summed E-state index contributed by atoms with van der Waals surface area (Å²) in [7, 11) is 0. The zero-order valence-corrected chi connectivity index (χ0v) is 10.2. The molecule has 1 rings (SSSR count). The molecule has 0 aromatic heterocycles. The Hall–Kier alpha value is 0.470. The molecule has 0 aliphatic rings. The molecule has 0 fully saturated rings. The molecule has 0 heterocycles. The first-order valence-corrected chi connectivity index (χ1v) is 5.10. The monoisotopic (exact) mass is 398 g/mol. The van der Waals surface area contributed by atoms with Crippen LogP contribution in [-0.2, 0) is 0 Å². The molecule has 66 valence electrons. The third-order valence-corrected chi connectivity index (χ3v) is 3.99. The molecule has 0 amide bonds. The van der Waals surface area contributed by atoms with Gasteiger partial charge < -0.3 is 0 Å². The molecule has 1 aromatic carbocycles. The van der Waals surface area contributed by atoms with Gasteiger partial charge in [-0.2, -0.15) is 0 Å². The molecule has 0 radical (unpaired) electrons. The Labute approximate surface area is 94.8 Å². The fourth-order valence-corrected chi connectivity index (χ4v) is 2.24. The van der Waals surface area contributed by atoms with E-state index in [1.165, 1.54) is 0 Å². The van der Waals surface area contributed by atoms with Gasteiger partial charge in [-0.25, -0.2) is 13.2 Å². The summed E-state index contributed by atoms with van der Waals surface area (Å²) in [6.07, 6.45) is 0. The van der Waals surface area contributed by atoms with Crippen molar-refractivity contribution in [2.75, 3.05) is 0 Å². The normalized spacial score (nSPS) is 10.5. The minimum Gasteiger partial charge on any atom is -0.202 e. The zero-order valence-electron chi connectivity index (χ0n) is 5.89. The van der Waals surface area contributed by atoms with Crippen molar-refractivity contribution >= 4 is 45.2 Å². The number of hydrogen-bond donors (Lipinski definition) is 0. The molecule has 12 heavy (non-hydrogen) atoms. The van der Waals surface area contributed by atoms with Gasteiger partial charge in [0.15, 0.2) is 17.5 Å². The van der Waals surface area contributed by atoms with Crippen molar-refractivity contribution in [2.45, 2.75) is 6.92 Å². The topological polar surface area (TPSA) is 0 Å². The number of halogens is 5. The van der Waals surface area contributed by atoms with Gasteiger partial charge in [0.05, 0.1) is 7.14 Å². The maximum absolute atomic E-state index is 12.8. The van der Waals surface area contributed by atoms with Gasteiger partial charge in [0.1, 0.15) is 0 Å². The van der Waals surface area contributed by atoms with Crippen molar-refractivity contribution in [3.8, 4) is 0 Å². The SMILES string of the molecule is Cc1c(I)c(F)c(F)c(F)c1I. The molecule has 0 aliphatic carbocycles. The lowest BCUT2D eigenvalue weighted by Gasteiger charge is -2.05. The van der Waals surface area contributed by atoms with Crippen molar-refractivity contribution in [3.63, 3.8) is 0 Å². The molecule has 0 nitrogen and oxygen atoms in total. The average molecular weight is 398 g/mol. The summed E-state index contributed by atoms with van der Waals surface area (Å²) in [6, 6.07) is 0. The highest BCUT2D eigenvalue weighted by Gasteiger charge is 2.19. The van der Waals surface area contributed by atoms with Crippen LogP contribution in [0.4, 0.5) is 13.2 Å². The van der Waals surface area contributed by atoms with Gasteiger partial charge in [-0.3, -0.25) is 0 Å². The van der Waals surface area contributed by atoms with Crippen LogP contribution in [0.25, 0.3) is 0 Å². The maximum atomic E-state index is 12.8. The molecule has 0 N–H and O–H groups in total. The first kappa shape index (κ1) is 10.6. The van der Waals surface area contributed by atoms with Crippen LogP contribution in [-0.4, -0.2) is 0 Å². The first-order valence-electron chi connectivity index (χ1n) is 2.94. The van der Waals surface area contributed by atoms with Crippen LogP contribution in [0.1, 0.15) is 5.56 Å². The van der Waals surface area contributed by atoms with Gasteiger partial charge in [-0.05, 0) is 57.7 Å². The van der Waals surface area contributed by atoms with Gasteiger partial charge in [-0.15, -0.1) is 0 Å². The van der Waals surface area contributed by atoms with Gasteiger partial charge in [0, 0.05) is 0 Å². The van der Waals surface area contributed by atoms with Crippen LogP contribution in [0.2, 0.25) is 0 Å². The van der Waals surface area contributed by atoms with Crippen molar-refractivity contribution in [3.05, 3.63) is 30.2 Å². The summed E-state index contributed by atoms with van der Waals surface area (Å²) < 4.78 is 38.6. The number of benzene rings is 1. The van der Waals surface area contributed by atoms with Crippen LogP contribution < -0.4 is 0 Å². The predicted octanol–water partition coefficient (Wildman–Crippen LogP) is 3.62. The van der Waals surface area contributed by atoms with Gasteiger partial charge in [-0.1, -0.05) is 0 Å². The molecular weight excluding hydrogens is 395 g/mol. The smallest absolute Gasteiger partial charge is 0.196 e. The Bertz CT molecular complexity index is 231. The van der Waals surface area contributed by atoms with Crippen LogP contribution in [0.15, 0.2) is 0 Å². The maximum Gasteiger partial charge on any atom is 0.196 e. The third-order valence-electron chi connectivity index (χ3n) is 1.43. The Morgan fingerprint density at radius 2 is 1.17 bits per heavy atom. The Kier molecular flexibility index (Phi) is 3.24. The van der Waals surface area contributed by atoms with Crippen molar-refractivity contribution in [1.82, 2.24) is 0 Å². The Morgan fingerprint density at radius 3 is 1.50 bits per heavy atom. The molecular formula is C7H3F3I2. The third kappa shape index (κ3) is 1.57. The largest absolute Gasteiger partial charge is 0.202 e. The summed E-state index contributed by atoms with van der Waals surface area (Å²) in [6.45, 7) is 1.55. The second-order valence-corrected chi connectivity index (χ2v) is 4.35. The van der Waals surface area contributed by atoms with E-state index in [1.54, 1.807) is 52.1 Å². The van der Waals surface area contributed by atoms with Crippen molar-refractivity contribution in [1.29, 1.82) is 0 Å². The number of rotatable bonds is 0. The molecule has 0 saturated heterocycles. The predicted molar refractivity (Wildman–Crippen MR) is 56.5 cm³/mol. The molecule has 1 aromatic rings. The summed E-state index contributed by atoms with van der Waals surface area (Å²) in [5.74, 6) is -3.61. The van der Waals surface area contributed by atoms with E-state index in [0.29, 0.717) is 5.56 Å². The summed E-state index contributed by atoms with van der Waals surface area (Å²) in [4.78, 5) is 0. The zero-order chi connectivity index (χ0) is 9.46. The van der Waals surface area contributed by atoms with Crippen LogP contribution >= 0.6 is 45.2 Å². The number of hydrogen-bond acceptors (Lipinski definition) is 0. The highest BCUT2D eigenvalue weighted by Crippen LogP contribution is 2.26. The van der Waals surface area contributed by atoms with Crippen molar-refractivity contribution < 1.29 is 13.2 Å². The highest BCUT2D eigenvalue weighted by atomic mass is 127. The molecule has 5 heteroatoms. The quantitative estimate of drug-likeness (QED) is 0.356. The van der Waals surface area contributed by atoms with Crippen LogP contribution in [0, 0.1) is 31.5 Å². The van der Waals surface area contributed by atoms with Crippen LogP contribution in [0.3, 0.4) is 0 Å². The second-order valence-electron chi connectivity index (χ2n) is 2.19. The lowest BCUT2D eigenvalue weighted by atomic mass is 10.2. The summed E-state index contributed by atoms with van der Waals surface area (Å²) in [5, 5.41) is 0. The van der Waals surface area contributed by atoms with E-state index in [4.69, 9.17) is 0 Å². The van der Waals surface area contributed by atoms with E-state index in [0.717, 1.165) is 0 Å². The van der Waals surface area contributed by atoms with E-state index in [-0.39, 0.29) is 7.14 Å². The lowest BCUT2D eigenvalue weighted by molar-refractivity contribution is 0.439. The fourth-order valence-electron chi connectivity index (χ4n) is 0.715. The fraction of sp³-hybridized carbons (Fsp3) is 0.143. The highest BCUT2D eigenvalue weighted by molar-refractivity contribution is 14.1. The minimum atomic E-state index is -1.39. The molecule has 0 atom stereocenters. The minimum absolute atomic E-state index is 0.135. The first-order chi connectivity index (χ1) is 5.46. The summed E-state index contributed by atoms with van der Waals surface area (Å²) in [5.41, 5.74) is 0.438.